The average Bonchev–Trinajstić information content (AvgIpc) is 2.97. The van der Waals surface area contributed by atoms with E-state index < -0.39 is 25.0 Å². The number of nitrogens with two attached hydrogens (primary N) is 1. The number of aromatic hydroxyl groups is 1. The van der Waals surface area contributed by atoms with Gasteiger partial charge in [0.1, 0.15) is 11.5 Å². The molecule has 0 aromatic heterocycles. The van der Waals surface area contributed by atoms with E-state index in [0.29, 0.717) is 33.8 Å². The van der Waals surface area contributed by atoms with Gasteiger partial charge in [0.25, 0.3) is 10.1 Å². The number of sulfonamides is 1. The molecule has 0 saturated carbocycles. The Morgan fingerprint density at radius 3 is 2.14 bits per heavy atom. The Balaban J connectivity index is 1.59. The van der Waals surface area contributed by atoms with E-state index >= 15 is 0 Å². The lowest BCUT2D eigenvalue weighted by atomic mass is 10.1. The minimum atomic E-state index is -4.50. The molecule has 7 N–H and O–H groups in total. The summed E-state index contributed by atoms with van der Waals surface area (Å²) in [5, 5.41) is 41.3. The summed E-state index contributed by atoms with van der Waals surface area (Å²) in [5.41, 5.74) is 8.18. The van der Waals surface area contributed by atoms with E-state index in [1.807, 2.05) is 0 Å². The Hall–Kier alpha value is -4.32. The normalized spacial score (nSPS) is 12.3. The Morgan fingerprint density at radius 1 is 0.886 bits per heavy atom. The van der Waals surface area contributed by atoms with E-state index in [-0.39, 0.29) is 53.7 Å². The van der Waals surface area contributed by atoms with Gasteiger partial charge in [-0.25, -0.2) is 8.42 Å². The molecule has 0 radical (unpaired) electrons. The van der Waals surface area contributed by atoms with E-state index in [2.05, 4.69) is 15.5 Å². The van der Waals surface area contributed by atoms with Gasteiger partial charge in [0, 0.05) is 30.2 Å². The summed E-state index contributed by atoms with van der Waals surface area (Å²) in [6, 6.07) is 14.3. The molecule has 16 heteroatoms. The highest BCUT2D eigenvalue weighted by molar-refractivity contribution is 7.89. The monoisotopic (exact) mass is 645 g/mol. The Labute approximate surface area is 253 Å². The zero-order valence-electron chi connectivity index (χ0n) is 23.7. The number of anilines is 3. The fourth-order valence-corrected chi connectivity index (χ4v) is 6.39. The molecule has 0 aliphatic rings. The van der Waals surface area contributed by atoms with Crippen LogP contribution < -0.4 is 15.8 Å². The Kier molecular flexibility index (Phi) is 9.72. The summed E-state index contributed by atoms with van der Waals surface area (Å²) >= 11 is 0. The number of aryl methyl sites for hydroxylation is 1. The number of hydrogen-bond acceptors (Lipinski definition) is 12. The largest absolute Gasteiger partial charge is 0.505 e. The Bertz CT molecular complexity index is 1930. The smallest absolute Gasteiger partial charge is 0.294 e. The van der Waals surface area contributed by atoms with Crippen molar-refractivity contribution < 1.29 is 41.4 Å². The van der Waals surface area contributed by atoms with Crippen molar-refractivity contribution in [2.45, 2.75) is 16.7 Å². The molecule has 0 heterocycles. The lowest BCUT2D eigenvalue weighted by molar-refractivity contribution is 0.217. The molecule has 0 atom stereocenters. The summed E-state index contributed by atoms with van der Waals surface area (Å²) in [6.45, 7) is 0.703. The van der Waals surface area contributed by atoms with Crippen LogP contribution in [-0.2, 0) is 20.1 Å². The van der Waals surface area contributed by atoms with Crippen LogP contribution >= 0.6 is 0 Å². The van der Waals surface area contributed by atoms with Crippen LogP contribution in [0.4, 0.5) is 28.4 Å². The minimum Gasteiger partial charge on any atom is -0.505 e. The van der Waals surface area contributed by atoms with Crippen LogP contribution in [0.5, 0.6) is 11.5 Å². The van der Waals surface area contributed by atoms with Crippen LogP contribution in [0.1, 0.15) is 5.56 Å². The molecule has 0 unspecified atom stereocenters. The molecular weight excluding hydrogens is 614 g/mol. The van der Waals surface area contributed by atoms with Gasteiger partial charge in [-0.3, -0.25) is 4.55 Å². The first-order chi connectivity index (χ1) is 20.8. The second-order valence-corrected chi connectivity index (χ2v) is 12.9. The number of benzene rings is 4. The van der Waals surface area contributed by atoms with Crippen molar-refractivity contribution in [3.63, 3.8) is 0 Å². The molecule has 0 aliphatic heterocycles. The molecule has 4 aromatic rings. The number of aliphatic hydroxyl groups excluding tert-OH is 2. The lowest BCUT2D eigenvalue weighted by Crippen LogP contribution is -2.35. The second-order valence-electron chi connectivity index (χ2n) is 9.56. The number of aliphatic hydroxyl groups is 2. The molecule has 0 saturated heterocycles. The molecule has 4 aromatic carbocycles. The van der Waals surface area contributed by atoms with Crippen molar-refractivity contribution in [3.8, 4) is 11.5 Å². The summed E-state index contributed by atoms with van der Waals surface area (Å²) in [5.74, 6) is 0.111. The first kappa shape index (κ1) is 32.6. The third-order valence-corrected chi connectivity index (χ3v) is 9.37. The van der Waals surface area contributed by atoms with Gasteiger partial charge in [-0.1, -0.05) is 6.07 Å². The number of nitrogens with one attached hydrogen (secondary N) is 1. The summed E-state index contributed by atoms with van der Waals surface area (Å²) in [4.78, 5) is -0.419. The number of fused-ring (bicyclic) bond motifs is 1. The quantitative estimate of drug-likeness (QED) is 0.0562. The molecule has 0 bridgehead atoms. The highest BCUT2D eigenvalue weighted by Crippen LogP contribution is 2.42. The Morgan fingerprint density at radius 2 is 1.55 bits per heavy atom. The minimum absolute atomic E-state index is 0.0239. The third kappa shape index (κ3) is 6.91. The van der Waals surface area contributed by atoms with Gasteiger partial charge < -0.3 is 31.1 Å². The number of nitrogen functional groups attached to an aromatic ring is 1. The molecule has 4 rings (SSSR count). The fraction of sp³-hybridized carbons (Fsp3) is 0.214. The van der Waals surface area contributed by atoms with Crippen LogP contribution in [0.15, 0.2) is 80.7 Å². The van der Waals surface area contributed by atoms with E-state index in [1.165, 1.54) is 49.6 Å². The number of nitrogens with zero attached hydrogens (tertiary/aromatic N) is 3. The summed E-state index contributed by atoms with van der Waals surface area (Å²) < 4.78 is 64.6. The number of phenols is 1. The van der Waals surface area contributed by atoms with Gasteiger partial charge in [-0.15, -0.1) is 0 Å². The van der Waals surface area contributed by atoms with Crippen LogP contribution in [0.3, 0.4) is 0 Å². The molecule has 14 nitrogen and oxygen atoms in total. The number of azo groups is 1. The zero-order chi connectivity index (χ0) is 32.2. The number of phenolic OH excluding ortho intramolecular Hbond substituents is 1. The SMILES string of the molecule is COc1cc(N=Nc2ccc(S(=O)(=O)N(CCO)CCO)cc2)c(C)cc1Nc1ccc2cc(S(=O)(=O)O)cc(N)c2c1O. The van der Waals surface area contributed by atoms with Gasteiger partial charge in [0.15, 0.2) is 0 Å². The summed E-state index contributed by atoms with van der Waals surface area (Å²) in [6.07, 6.45) is 0. The lowest BCUT2D eigenvalue weighted by Gasteiger charge is -2.20. The molecule has 0 spiro atoms. The first-order valence-electron chi connectivity index (χ1n) is 13.0. The second kappa shape index (κ2) is 13.1. The van der Waals surface area contributed by atoms with Crippen LogP contribution in [0, 0.1) is 6.92 Å². The molecule has 0 amide bonds. The fourth-order valence-electron chi connectivity index (χ4n) is 4.42. The van der Waals surface area contributed by atoms with E-state index in [4.69, 9.17) is 20.7 Å². The van der Waals surface area contributed by atoms with E-state index in [1.54, 1.807) is 19.1 Å². The maximum absolute atomic E-state index is 12.8. The predicted molar refractivity (Wildman–Crippen MR) is 164 cm³/mol. The zero-order valence-corrected chi connectivity index (χ0v) is 25.3. The molecule has 0 aliphatic carbocycles. The topological polar surface area (TPSA) is 224 Å². The van der Waals surface area contributed by atoms with Crippen LogP contribution in [-0.4, -0.2) is 74.4 Å². The standard InChI is InChI=1S/C28H31N5O9S2/c1-17-13-25(30-23-8-3-18-14-21(44(39,40)41)15-22(29)27(18)28(23)36)26(42-2)16-24(17)32-31-19-4-6-20(7-5-19)43(37,38)33(9-11-34)10-12-35/h3-8,13-16,30,34-36H,9-12,29H2,1-2H3,(H,39,40,41). The van der Waals surface area contributed by atoms with Gasteiger partial charge in [0.2, 0.25) is 10.0 Å². The van der Waals surface area contributed by atoms with Crippen molar-refractivity contribution >= 4 is 59.4 Å². The highest BCUT2D eigenvalue weighted by Gasteiger charge is 2.23. The first-order valence-corrected chi connectivity index (χ1v) is 15.9. The van der Waals surface area contributed by atoms with Crippen LogP contribution in [0.25, 0.3) is 10.8 Å². The molecule has 0 fully saturated rings. The maximum atomic E-state index is 12.8. The van der Waals surface area contributed by atoms with Gasteiger partial charge in [-0.05, 0) is 66.4 Å². The number of methoxy groups -OCH3 is 1. The van der Waals surface area contributed by atoms with Crippen molar-refractivity contribution in [2.75, 3.05) is 44.5 Å². The predicted octanol–water partition coefficient (Wildman–Crippen LogP) is 3.83. The summed E-state index contributed by atoms with van der Waals surface area (Å²) in [7, 11) is -6.97. The van der Waals surface area contributed by atoms with E-state index in [0.717, 1.165) is 10.4 Å². The maximum Gasteiger partial charge on any atom is 0.294 e. The third-order valence-electron chi connectivity index (χ3n) is 6.63. The number of ether oxygens (including phenoxy) is 1. The van der Waals surface area contributed by atoms with Gasteiger partial charge in [0.05, 0.1) is 52.9 Å². The highest BCUT2D eigenvalue weighted by atomic mass is 32.2. The van der Waals surface area contributed by atoms with Crippen LogP contribution in [0.2, 0.25) is 0 Å². The van der Waals surface area contributed by atoms with E-state index in [9.17, 15) is 26.5 Å². The number of rotatable bonds is 12. The average molecular weight is 646 g/mol. The molecule has 44 heavy (non-hydrogen) atoms. The van der Waals surface area contributed by atoms with Crippen molar-refractivity contribution in [2.24, 2.45) is 10.2 Å². The van der Waals surface area contributed by atoms with Crippen molar-refractivity contribution in [1.82, 2.24) is 4.31 Å². The van der Waals surface area contributed by atoms with Gasteiger partial charge in [-0.2, -0.15) is 23.0 Å². The number of hydrogen-bond donors (Lipinski definition) is 6. The van der Waals surface area contributed by atoms with Crippen molar-refractivity contribution in [1.29, 1.82) is 0 Å². The van der Waals surface area contributed by atoms with Crippen molar-refractivity contribution in [3.05, 3.63) is 66.2 Å². The molecule has 234 valence electrons. The van der Waals surface area contributed by atoms with Gasteiger partial charge >= 0.3 is 0 Å². The molecular formula is C28H31N5O9S2.